The number of halogens is 2. The van der Waals surface area contributed by atoms with Crippen molar-refractivity contribution in [3.63, 3.8) is 0 Å². The molecule has 136 valence electrons. The maximum atomic E-state index is 12.0. The highest BCUT2D eigenvalue weighted by Gasteiger charge is 2.09. The van der Waals surface area contributed by atoms with E-state index < -0.39 is 5.91 Å². The first-order chi connectivity index (χ1) is 13.1. The van der Waals surface area contributed by atoms with Gasteiger partial charge >= 0.3 is 0 Å². The first kappa shape index (κ1) is 19.1. The highest BCUT2D eigenvalue weighted by molar-refractivity contribution is 9.10. The number of hydrazone groups is 1. The van der Waals surface area contributed by atoms with Crippen LogP contribution in [0.15, 0.2) is 76.4 Å². The minimum Gasteiger partial charge on any atom is -0.488 e. The van der Waals surface area contributed by atoms with Crippen LogP contribution in [0.3, 0.4) is 0 Å². The number of ether oxygens (including phenoxy) is 1. The van der Waals surface area contributed by atoms with Crippen LogP contribution in [0.1, 0.15) is 21.5 Å². The second-order valence-corrected chi connectivity index (χ2v) is 6.72. The molecule has 1 amide bonds. The zero-order chi connectivity index (χ0) is 19.1. The molecule has 5 nitrogen and oxygen atoms in total. The van der Waals surface area contributed by atoms with Gasteiger partial charge in [0.15, 0.2) is 0 Å². The number of rotatable bonds is 6. The van der Waals surface area contributed by atoms with Crippen LogP contribution >= 0.6 is 27.5 Å². The molecule has 0 radical (unpaired) electrons. The largest absolute Gasteiger partial charge is 0.488 e. The molecule has 3 rings (SSSR count). The molecule has 0 saturated carbocycles. The zero-order valence-corrected chi connectivity index (χ0v) is 16.4. The highest BCUT2D eigenvalue weighted by Crippen LogP contribution is 2.26. The number of pyridine rings is 1. The van der Waals surface area contributed by atoms with E-state index >= 15 is 0 Å². The third-order valence-electron chi connectivity index (χ3n) is 3.58. The van der Waals surface area contributed by atoms with Crippen LogP contribution in [0.5, 0.6) is 5.75 Å². The molecule has 0 aliphatic carbocycles. The zero-order valence-electron chi connectivity index (χ0n) is 14.1. The fourth-order valence-corrected chi connectivity index (χ4v) is 2.95. The second kappa shape index (κ2) is 9.30. The van der Waals surface area contributed by atoms with E-state index in [0.717, 1.165) is 21.3 Å². The first-order valence-electron chi connectivity index (χ1n) is 8.03. The third-order valence-corrected chi connectivity index (χ3v) is 4.50. The van der Waals surface area contributed by atoms with Crippen LogP contribution in [-0.4, -0.2) is 17.1 Å². The van der Waals surface area contributed by atoms with Gasteiger partial charge in [0.2, 0.25) is 0 Å². The lowest BCUT2D eigenvalue weighted by Gasteiger charge is -2.08. The molecule has 0 aliphatic heterocycles. The van der Waals surface area contributed by atoms with Gasteiger partial charge in [0.05, 0.1) is 16.3 Å². The van der Waals surface area contributed by atoms with E-state index in [1.807, 2.05) is 48.5 Å². The fraction of sp³-hybridized carbons (Fsp3) is 0.0500. The minimum absolute atomic E-state index is 0.132. The van der Waals surface area contributed by atoms with Gasteiger partial charge in [0.1, 0.15) is 17.5 Å². The van der Waals surface area contributed by atoms with Gasteiger partial charge < -0.3 is 4.74 Å². The quantitative estimate of drug-likeness (QED) is 0.336. The molecule has 0 spiro atoms. The van der Waals surface area contributed by atoms with Gasteiger partial charge in [-0.25, -0.2) is 10.4 Å². The Bertz CT molecular complexity index is 964. The van der Waals surface area contributed by atoms with Gasteiger partial charge in [-0.1, -0.05) is 41.9 Å². The van der Waals surface area contributed by atoms with Crippen molar-refractivity contribution in [3.05, 3.63) is 93.2 Å². The molecule has 27 heavy (non-hydrogen) atoms. The molecule has 3 aromatic rings. The number of hydrogen-bond acceptors (Lipinski definition) is 4. The van der Waals surface area contributed by atoms with Gasteiger partial charge in [-0.05, 0) is 57.4 Å². The second-order valence-electron chi connectivity index (χ2n) is 5.51. The average molecular weight is 445 g/mol. The van der Waals surface area contributed by atoms with Gasteiger partial charge in [-0.3, -0.25) is 4.79 Å². The summed E-state index contributed by atoms with van der Waals surface area (Å²) < 4.78 is 6.60. The molecule has 1 heterocycles. The number of nitrogens with zero attached hydrogens (tertiary/aromatic N) is 2. The van der Waals surface area contributed by atoms with Crippen molar-refractivity contribution in [2.24, 2.45) is 5.10 Å². The van der Waals surface area contributed by atoms with Crippen LogP contribution in [-0.2, 0) is 6.61 Å². The third kappa shape index (κ3) is 5.39. The fourth-order valence-electron chi connectivity index (χ4n) is 2.23. The Kier molecular flexibility index (Phi) is 6.57. The first-order valence-corrected chi connectivity index (χ1v) is 9.21. The number of carbonyl (C=O) groups is 1. The SMILES string of the molecule is O=C(NN=Cc1ccc(OCc2ccccc2)c(Br)c1)c1cccnc1Cl. The molecule has 1 aromatic heterocycles. The predicted octanol–water partition coefficient (Wildman–Crippen LogP) is 4.84. The molecule has 0 unspecified atom stereocenters. The molecule has 1 N–H and O–H groups in total. The molecule has 0 fully saturated rings. The van der Waals surface area contributed by atoms with Crippen LogP contribution < -0.4 is 10.2 Å². The summed E-state index contributed by atoms with van der Waals surface area (Å²) in [6.07, 6.45) is 3.05. The van der Waals surface area contributed by atoms with Crippen molar-refractivity contribution in [1.82, 2.24) is 10.4 Å². The predicted molar refractivity (Wildman–Crippen MR) is 109 cm³/mol. The number of benzene rings is 2. The van der Waals surface area contributed by atoms with E-state index in [4.69, 9.17) is 16.3 Å². The number of carbonyl (C=O) groups excluding carboxylic acids is 1. The maximum Gasteiger partial charge on any atom is 0.274 e. The van der Waals surface area contributed by atoms with Gasteiger partial charge in [0, 0.05) is 6.20 Å². The van der Waals surface area contributed by atoms with E-state index in [0.29, 0.717) is 6.61 Å². The van der Waals surface area contributed by atoms with Crippen molar-refractivity contribution in [2.75, 3.05) is 0 Å². The summed E-state index contributed by atoms with van der Waals surface area (Å²) in [7, 11) is 0. The lowest BCUT2D eigenvalue weighted by atomic mass is 10.2. The molecule has 0 aliphatic rings. The van der Waals surface area contributed by atoms with Crippen molar-refractivity contribution in [2.45, 2.75) is 6.61 Å². The summed E-state index contributed by atoms with van der Waals surface area (Å²) in [5, 5.41) is 4.08. The van der Waals surface area contributed by atoms with Crippen molar-refractivity contribution < 1.29 is 9.53 Å². The smallest absolute Gasteiger partial charge is 0.274 e. The Morgan fingerprint density at radius 1 is 1.19 bits per heavy atom. The lowest BCUT2D eigenvalue weighted by Crippen LogP contribution is -2.18. The molecular weight excluding hydrogens is 430 g/mol. The van der Waals surface area contributed by atoms with E-state index in [1.165, 1.54) is 12.4 Å². The van der Waals surface area contributed by atoms with Gasteiger partial charge in [-0.15, -0.1) is 0 Å². The minimum atomic E-state index is -0.425. The van der Waals surface area contributed by atoms with E-state index in [1.54, 1.807) is 12.1 Å². The van der Waals surface area contributed by atoms with E-state index in [2.05, 4.69) is 31.4 Å². The van der Waals surface area contributed by atoms with Crippen LogP contribution in [0.2, 0.25) is 5.15 Å². The van der Waals surface area contributed by atoms with E-state index in [-0.39, 0.29) is 10.7 Å². The lowest BCUT2D eigenvalue weighted by molar-refractivity contribution is 0.0955. The summed E-state index contributed by atoms with van der Waals surface area (Å²) >= 11 is 9.37. The average Bonchev–Trinajstić information content (AvgIpc) is 2.68. The summed E-state index contributed by atoms with van der Waals surface area (Å²) in [5.41, 5.74) is 4.58. The Balaban J connectivity index is 1.59. The summed E-state index contributed by atoms with van der Waals surface area (Å²) in [5.74, 6) is 0.299. The number of aromatic nitrogens is 1. The van der Waals surface area contributed by atoms with Crippen LogP contribution in [0.4, 0.5) is 0 Å². The monoisotopic (exact) mass is 443 g/mol. The molecule has 0 atom stereocenters. The van der Waals surface area contributed by atoms with E-state index in [9.17, 15) is 4.79 Å². The molecule has 0 bridgehead atoms. The van der Waals surface area contributed by atoms with Crippen molar-refractivity contribution >= 4 is 39.7 Å². The van der Waals surface area contributed by atoms with Gasteiger partial charge in [0.25, 0.3) is 5.91 Å². The molecular formula is C20H15BrClN3O2. The topological polar surface area (TPSA) is 63.6 Å². The number of amides is 1. The maximum absolute atomic E-state index is 12.0. The number of hydrogen-bond donors (Lipinski definition) is 1. The molecule has 2 aromatic carbocycles. The standard InChI is InChI=1S/C20H15BrClN3O2/c21-17-11-15(8-9-18(17)27-13-14-5-2-1-3-6-14)12-24-25-20(26)16-7-4-10-23-19(16)22/h1-12H,13H2,(H,25,26). The van der Waals surface area contributed by atoms with Crippen LogP contribution in [0, 0.1) is 0 Å². The van der Waals surface area contributed by atoms with Crippen LogP contribution in [0.25, 0.3) is 0 Å². The van der Waals surface area contributed by atoms with Crippen molar-refractivity contribution in [3.8, 4) is 5.75 Å². The summed E-state index contributed by atoms with van der Waals surface area (Å²) in [6.45, 7) is 0.481. The normalized spacial score (nSPS) is 10.7. The summed E-state index contributed by atoms with van der Waals surface area (Å²) in [6, 6.07) is 18.7. The Hall–Kier alpha value is -2.70. The Labute approximate surface area is 170 Å². The number of nitrogens with one attached hydrogen (secondary N) is 1. The highest BCUT2D eigenvalue weighted by atomic mass is 79.9. The van der Waals surface area contributed by atoms with Gasteiger partial charge in [-0.2, -0.15) is 5.10 Å². The molecule has 0 saturated heterocycles. The summed E-state index contributed by atoms with van der Waals surface area (Å²) in [4.78, 5) is 15.9. The Morgan fingerprint density at radius 3 is 2.74 bits per heavy atom. The Morgan fingerprint density at radius 2 is 2.00 bits per heavy atom. The van der Waals surface area contributed by atoms with Crippen molar-refractivity contribution in [1.29, 1.82) is 0 Å². The molecule has 7 heteroatoms.